The fraction of sp³-hybridized carbons (Fsp3) is 0.0588. The molecule has 0 bridgehead atoms. The molecule has 0 unspecified atom stereocenters. The standard InChI is InChI=1S/C17H15N3O4/c1-12(21)18-16(10-13-6-3-2-4-7-13)17(22)19-14-8-5-9-15(11-14)20(23)24/h2-11H,1H3,(H,18,21)(H,19,22)/b16-10+. The van der Waals surface area contributed by atoms with Crippen molar-refractivity contribution in [2.75, 3.05) is 5.32 Å². The summed E-state index contributed by atoms with van der Waals surface area (Å²) in [5.41, 5.74) is 0.898. The fourth-order valence-corrected chi connectivity index (χ4v) is 1.96. The molecule has 2 N–H and O–H groups in total. The van der Waals surface area contributed by atoms with Crippen LogP contribution >= 0.6 is 0 Å². The average molecular weight is 325 g/mol. The van der Waals surface area contributed by atoms with E-state index >= 15 is 0 Å². The van der Waals surface area contributed by atoms with E-state index in [1.165, 1.54) is 37.3 Å². The molecule has 24 heavy (non-hydrogen) atoms. The normalized spacial score (nSPS) is 10.8. The van der Waals surface area contributed by atoms with Gasteiger partial charge in [-0.2, -0.15) is 0 Å². The number of carbonyl (C=O) groups is 2. The Morgan fingerprint density at radius 2 is 1.79 bits per heavy atom. The van der Waals surface area contributed by atoms with Crippen LogP contribution in [-0.4, -0.2) is 16.7 Å². The molecular weight excluding hydrogens is 310 g/mol. The monoisotopic (exact) mass is 325 g/mol. The Bertz CT molecular complexity index is 800. The number of nitrogens with zero attached hydrogens (tertiary/aromatic N) is 1. The Kier molecular flexibility index (Phi) is 5.40. The topological polar surface area (TPSA) is 101 Å². The molecular formula is C17H15N3O4. The molecule has 2 amide bonds. The van der Waals surface area contributed by atoms with E-state index in [1.54, 1.807) is 24.3 Å². The van der Waals surface area contributed by atoms with Gasteiger partial charge >= 0.3 is 0 Å². The van der Waals surface area contributed by atoms with E-state index in [0.29, 0.717) is 0 Å². The lowest BCUT2D eigenvalue weighted by molar-refractivity contribution is -0.384. The number of rotatable bonds is 5. The van der Waals surface area contributed by atoms with Gasteiger partial charge in [0.25, 0.3) is 11.6 Å². The molecule has 0 spiro atoms. The molecule has 0 aliphatic carbocycles. The molecule has 0 fully saturated rings. The van der Waals surface area contributed by atoms with Gasteiger partial charge in [-0.05, 0) is 17.7 Å². The van der Waals surface area contributed by atoms with Crippen LogP contribution in [0.3, 0.4) is 0 Å². The highest BCUT2D eigenvalue weighted by atomic mass is 16.6. The van der Waals surface area contributed by atoms with Gasteiger partial charge in [0.2, 0.25) is 5.91 Å². The van der Waals surface area contributed by atoms with Crippen LogP contribution in [0.5, 0.6) is 0 Å². The number of amides is 2. The zero-order chi connectivity index (χ0) is 17.5. The van der Waals surface area contributed by atoms with Gasteiger partial charge in [0.1, 0.15) is 5.70 Å². The van der Waals surface area contributed by atoms with Gasteiger partial charge in [-0.1, -0.05) is 36.4 Å². The van der Waals surface area contributed by atoms with E-state index in [9.17, 15) is 19.7 Å². The predicted octanol–water partition coefficient (Wildman–Crippen LogP) is 2.71. The van der Waals surface area contributed by atoms with Crippen LogP contribution in [0.4, 0.5) is 11.4 Å². The summed E-state index contributed by atoms with van der Waals surface area (Å²) in [6.45, 7) is 1.29. The van der Waals surface area contributed by atoms with Crippen molar-refractivity contribution in [1.82, 2.24) is 5.32 Å². The van der Waals surface area contributed by atoms with Crippen molar-refractivity contribution < 1.29 is 14.5 Å². The first-order chi connectivity index (χ1) is 11.5. The average Bonchev–Trinajstić information content (AvgIpc) is 2.55. The fourth-order valence-electron chi connectivity index (χ4n) is 1.96. The molecule has 0 atom stereocenters. The highest BCUT2D eigenvalue weighted by molar-refractivity contribution is 6.08. The van der Waals surface area contributed by atoms with Crippen LogP contribution in [0.15, 0.2) is 60.3 Å². The summed E-state index contributed by atoms with van der Waals surface area (Å²) in [7, 11) is 0. The lowest BCUT2D eigenvalue weighted by Crippen LogP contribution is -2.28. The third kappa shape index (κ3) is 4.77. The summed E-state index contributed by atoms with van der Waals surface area (Å²) < 4.78 is 0. The minimum Gasteiger partial charge on any atom is -0.322 e. The van der Waals surface area contributed by atoms with Crippen molar-refractivity contribution in [2.45, 2.75) is 6.92 Å². The summed E-state index contributed by atoms with van der Waals surface area (Å²) in [6, 6.07) is 14.6. The van der Waals surface area contributed by atoms with E-state index in [0.717, 1.165) is 5.56 Å². The van der Waals surface area contributed by atoms with Crippen LogP contribution in [-0.2, 0) is 9.59 Å². The summed E-state index contributed by atoms with van der Waals surface area (Å²) >= 11 is 0. The third-order valence-electron chi connectivity index (χ3n) is 2.98. The number of hydrogen-bond acceptors (Lipinski definition) is 4. The largest absolute Gasteiger partial charge is 0.322 e. The lowest BCUT2D eigenvalue weighted by Gasteiger charge is -2.09. The molecule has 0 heterocycles. The van der Waals surface area contributed by atoms with Gasteiger partial charge < -0.3 is 10.6 Å². The van der Waals surface area contributed by atoms with E-state index in [-0.39, 0.29) is 17.1 Å². The molecule has 0 saturated carbocycles. The highest BCUT2D eigenvalue weighted by Crippen LogP contribution is 2.17. The van der Waals surface area contributed by atoms with Crippen LogP contribution < -0.4 is 10.6 Å². The summed E-state index contributed by atoms with van der Waals surface area (Å²) in [5.74, 6) is -0.971. The minimum absolute atomic E-state index is 0.0419. The molecule has 2 aromatic rings. The molecule has 0 saturated heterocycles. The van der Waals surface area contributed by atoms with Crippen molar-refractivity contribution in [3.8, 4) is 0 Å². The number of nitro benzene ring substituents is 1. The number of nitro groups is 1. The van der Waals surface area contributed by atoms with Gasteiger partial charge in [-0.3, -0.25) is 19.7 Å². The maximum Gasteiger partial charge on any atom is 0.272 e. The Balaban J connectivity index is 2.25. The van der Waals surface area contributed by atoms with Crippen LogP contribution in [0.25, 0.3) is 6.08 Å². The van der Waals surface area contributed by atoms with Gasteiger partial charge in [0, 0.05) is 24.7 Å². The molecule has 2 aromatic carbocycles. The molecule has 0 radical (unpaired) electrons. The smallest absolute Gasteiger partial charge is 0.272 e. The number of carbonyl (C=O) groups excluding carboxylic acids is 2. The van der Waals surface area contributed by atoms with Crippen molar-refractivity contribution in [3.05, 3.63) is 76.0 Å². The Hall–Kier alpha value is -3.48. The van der Waals surface area contributed by atoms with Gasteiger partial charge in [-0.25, -0.2) is 0 Å². The maximum absolute atomic E-state index is 12.4. The number of anilines is 1. The van der Waals surface area contributed by atoms with Crippen molar-refractivity contribution in [1.29, 1.82) is 0 Å². The van der Waals surface area contributed by atoms with E-state index in [1.807, 2.05) is 6.07 Å². The second kappa shape index (κ2) is 7.68. The second-order valence-electron chi connectivity index (χ2n) is 4.91. The first kappa shape index (κ1) is 16.9. The van der Waals surface area contributed by atoms with Crippen molar-refractivity contribution in [2.24, 2.45) is 0 Å². The SMILES string of the molecule is CC(=O)N/C(=C/c1ccccc1)C(=O)Nc1cccc([N+](=O)[O-])c1. The Morgan fingerprint density at radius 3 is 2.42 bits per heavy atom. The zero-order valence-electron chi connectivity index (χ0n) is 12.9. The predicted molar refractivity (Wildman–Crippen MR) is 90.0 cm³/mol. The van der Waals surface area contributed by atoms with Crippen LogP contribution in [0, 0.1) is 10.1 Å². The number of nitrogens with one attached hydrogen (secondary N) is 2. The minimum atomic E-state index is -0.574. The number of non-ortho nitro benzene ring substituents is 1. The van der Waals surface area contributed by atoms with Crippen molar-refractivity contribution in [3.63, 3.8) is 0 Å². The van der Waals surface area contributed by atoms with Gasteiger partial charge in [0.05, 0.1) is 4.92 Å². The third-order valence-corrected chi connectivity index (χ3v) is 2.98. The molecule has 122 valence electrons. The number of hydrogen-bond donors (Lipinski definition) is 2. The molecule has 7 heteroatoms. The van der Waals surface area contributed by atoms with E-state index < -0.39 is 16.7 Å². The Labute approximate surface area is 138 Å². The van der Waals surface area contributed by atoms with Crippen LogP contribution in [0.2, 0.25) is 0 Å². The Morgan fingerprint density at radius 1 is 1.08 bits per heavy atom. The maximum atomic E-state index is 12.4. The lowest BCUT2D eigenvalue weighted by atomic mass is 10.2. The van der Waals surface area contributed by atoms with E-state index in [2.05, 4.69) is 10.6 Å². The van der Waals surface area contributed by atoms with Gasteiger partial charge in [0.15, 0.2) is 0 Å². The number of benzene rings is 2. The first-order valence-electron chi connectivity index (χ1n) is 7.06. The van der Waals surface area contributed by atoms with Crippen molar-refractivity contribution >= 4 is 29.3 Å². The molecule has 0 aromatic heterocycles. The zero-order valence-corrected chi connectivity index (χ0v) is 12.9. The molecule has 0 aliphatic heterocycles. The second-order valence-corrected chi connectivity index (χ2v) is 4.91. The molecule has 7 nitrogen and oxygen atoms in total. The van der Waals surface area contributed by atoms with E-state index in [4.69, 9.17) is 0 Å². The highest BCUT2D eigenvalue weighted by Gasteiger charge is 2.13. The van der Waals surface area contributed by atoms with Gasteiger partial charge in [-0.15, -0.1) is 0 Å². The quantitative estimate of drug-likeness (QED) is 0.501. The molecule has 0 aliphatic rings. The molecule has 2 rings (SSSR count). The first-order valence-corrected chi connectivity index (χ1v) is 7.06. The van der Waals surface area contributed by atoms with Crippen LogP contribution in [0.1, 0.15) is 12.5 Å². The summed E-state index contributed by atoms with van der Waals surface area (Å²) in [4.78, 5) is 33.9. The summed E-state index contributed by atoms with van der Waals surface area (Å²) in [6.07, 6.45) is 1.52. The summed E-state index contributed by atoms with van der Waals surface area (Å²) in [5, 5.41) is 15.8.